The second-order valence-corrected chi connectivity index (χ2v) is 5.05. The van der Waals surface area contributed by atoms with E-state index in [0.717, 1.165) is 0 Å². The minimum Gasteiger partial charge on any atom is -0.502 e. The molecule has 0 saturated heterocycles. The number of nitro groups is 1. The Balaban J connectivity index is 0.00000324. The topological polar surface area (TPSA) is 110 Å². The molecule has 0 aromatic heterocycles. The van der Waals surface area contributed by atoms with E-state index in [2.05, 4.69) is 0 Å². The highest BCUT2D eigenvalue weighted by Crippen LogP contribution is 2.40. The molecule has 0 fully saturated rings. The van der Waals surface area contributed by atoms with E-state index in [1.54, 1.807) is 32.9 Å². The summed E-state index contributed by atoms with van der Waals surface area (Å²) >= 11 is 0. The molecule has 1 rings (SSSR count). The van der Waals surface area contributed by atoms with Gasteiger partial charge in [0.25, 0.3) is 0 Å². The van der Waals surface area contributed by atoms with E-state index in [-0.39, 0.29) is 30.3 Å². The lowest BCUT2D eigenvalue weighted by Gasteiger charge is -2.30. The van der Waals surface area contributed by atoms with Crippen LogP contribution in [0.4, 0.5) is 5.69 Å². The van der Waals surface area contributed by atoms with Crippen LogP contribution in [0.1, 0.15) is 31.0 Å². The number of hydrogen-bond donors (Lipinski definition) is 3. The van der Waals surface area contributed by atoms with Crippen LogP contribution in [0.5, 0.6) is 5.75 Å². The van der Waals surface area contributed by atoms with Gasteiger partial charge < -0.3 is 15.9 Å². The molecule has 0 heterocycles. The second-order valence-electron chi connectivity index (χ2n) is 5.05. The van der Waals surface area contributed by atoms with Crippen LogP contribution in [0.2, 0.25) is 0 Å². The van der Waals surface area contributed by atoms with E-state index in [4.69, 9.17) is 5.73 Å². The van der Waals surface area contributed by atoms with E-state index >= 15 is 0 Å². The summed E-state index contributed by atoms with van der Waals surface area (Å²) < 4.78 is 0. The van der Waals surface area contributed by atoms with Crippen molar-refractivity contribution in [1.82, 2.24) is 0 Å². The largest absolute Gasteiger partial charge is 0.502 e. The number of nitrogens with zero attached hydrogens (tertiary/aromatic N) is 1. The molecule has 0 unspecified atom stereocenters. The summed E-state index contributed by atoms with van der Waals surface area (Å²) in [6, 6.07) is 2.40. The molecule has 6 nitrogen and oxygen atoms in total. The highest BCUT2D eigenvalue weighted by molar-refractivity contribution is 5.85. The van der Waals surface area contributed by atoms with Gasteiger partial charge in [0.1, 0.15) is 0 Å². The van der Waals surface area contributed by atoms with Crippen molar-refractivity contribution in [2.24, 2.45) is 11.1 Å². The number of phenolic OH excluding ortho intramolecular Hbond substituents is 1. The van der Waals surface area contributed by atoms with Gasteiger partial charge in [-0.15, -0.1) is 12.4 Å². The zero-order valence-electron chi connectivity index (χ0n) is 11.1. The first-order chi connectivity index (χ1) is 8.22. The molecule has 0 radical (unpaired) electrons. The van der Waals surface area contributed by atoms with E-state index in [9.17, 15) is 20.3 Å². The Morgan fingerprint density at radius 3 is 2.42 bits per heavy atom. The first kappa shape index (κ1) is 17.6. The summed E-state index contributed by atoms with van der Waals surface area (Å²) in [7, 11) is 0. The van der Waals surface area contributed by atoms with E-state index in [1.165, 1.54) is 0 Å². The fraction of sp³-hybridized carbons (Fsp3) is 0.500. The fourth-order valence-corrected chi connectivity index (χ4v) is 1.70. The lowest BCUT2D eigenvalue weighted by Crippen LogP contribution is -2.32. The van der Waals surface area contributed by atoms with Gasteiger partial charge in [0.15, 0.2) is 5.75 Å². The van der Waals surface area contributed by atoms with Crippen molar-refractivity contribution in [2.45, 2.75) is 26.8 Å². The molecule has 0 saturated carbocycles. The minimum atomic E-state index is -0.693. The highest BCUT2D eigenvalue weighted by atomic mass is 35.5. The fourth-order valence-electron chi connectivity index (χ4n) is 1.70. The van der Waals surface area contributed by atoms with Crippen LogP contribution in [0.3, 0.4) is 0 Å². The highest BCUT2D eigenvalue weighted by Gasteiger charge is 2.32. The summed E-state index contributed by atoms with van der Waals surface area (Å²) in [5, 5.41) is 30.1. The van der Waals surface area contributed by atoms with Crippen LogP contribution >= 0.6 is 12.4 Å². The van der Waals surface area contributed by atoms with Crippen molar-refractivity contribution in [3.63, 3.8) is 0 Å². The van der Waals surface area contributed by atoms with Gasteiger partial charge in [0.2, 0.25) is 0 Å². The monoisotopic (exact) mass is 290 g/mol. The molecule has 1 aromatic carbocycles. The van der Waals surface area contributed by atoms with Gasteiger partial charge in [0.05, 0.1) is 4.92 Å². The average molecular weight is 291 g/mol. The quantitative estimate of drug-likeness (QED) is 0.581. The molecule has 0 amide bonds. The van der Waals surface area contributed by atoms with Crippen LogP contribution in [0.15, 0.2) is 12.1 Å². The number of benzene rings is 1. The van der Waals surface area contributed by atoms with Gasteiger partial charge in [-0.3, -0.25) is 10.1 Å². The molecule has 0 aliphatic carbocycles. The third-order valence-electron chi connectivity index (χ3n) is 3.15. The number of aliphatic hydroxyl groups is 1. The number of rotatable bonds is 4. The number of hydrogen-bond acceptors (Lipinski definition) is 5. The number of nitro benzene ring substituents is 1. The Morgan fingerprint density at radius 1 is 1.47 bits per heavy atom. The van der Waals surface area contributed by atoms with Crippen LogP contribution in [-0.4, -0.2) is 21.7 Å². The number of aliphatic hydroxyl groups excluding tert-OH is 1. The molecule has 0 bridgehead atoms. The van der Waals surface area contributed by atoms with Crippen molar-refractivity contribution in [1.29, 1.82) is 0 Å². The molecular weight excluding hydrogens is 272 g/mol. The standard InChI is InChI=1S/C12H18N2O4.ClH/c1-7-4-5-8(10(16)9(7)14(17)18)11(13)12(2,3)6-15;/h4-5,11,15-16H,6,13H2,1-3H3;1H/t11-;/m1./s1. The maximum absolute atomic E-state index is 10.9. The Kier molecular flexibility index (Phi) is 5.74. The van der Waals surface area contributed by atoms with Crippen molar-refractivity contribution in [2.75, 3.05) is 6.61 Å². The number of nitrogens with two attached hydrogens (primary N) is 1. The summed E-state index contributed by atoms with van der Waals surface area (Å²) in [6.45, 7) is 4.81. The van der Waals surface area contributed by atoms with Crippen LogP contribution in [0, 0.1) is 22.5 Å². The van der Waals surface area contributed by atoms with E-state index < -0.39 is 22.1 Å². The molecule has 108 valence electrons. The Bertz CT molecular complexity index is 477. The Morgan fingerprint density at radius 2 is 2.00 bits per heavy atom. The van der Waals surface area contributed by atoms with Gasteiger partial charge in [-0.1, -0.05) is 26.0 Å². The predicted octanol–water partition coefficient (Wildman–Crippen LogP) is 2.05. The van der Waals surface area contributed by atoms with E-state index in [1.807, 2.05) is 0 Å². The van der Waals surface area contributed by atoms with Gasteiger partial charge in [-0.05, 0) is 6.92 Å². The molecule has 19 heavy (non-hydrogen) atoms. The molecule has 0 aliphatic rings. The summed E-state index contributed by atoms with van der Waals surface area (Å²) in [4.78, 5) is 10.3. The zero-order chi connectivity index (χ0) is 14.1. The predicted molar refractivity (Wildman–Crippen MR) is 74.5 cm³/mol. The summed E-state index contributed by atoms with van der Waals surface area (Å²) in [5.41, 5.74) is 5.58. The molecule has 1 aromatic rings. The SMILES string of the molecule is Cc1ccc([C@@H](N)C(C)(C)CO)c(O)c1[N+](=O)[O-].Cl. The number of aromatic hydroxyl groups is 1. The van der Waals surface area contributed by atoms with Crippen LogP contribution in [0.25, 0.3) is 0 Å². The second kappa shape index (κ2) is 6.18. The molecule has 4 N–H and O–H groups in total. The average Bonchev–Trinajstić information content (AvgIpc) is 2.28. The van der Waals surface area contributed by atoms with Crippen LogP contribution in [-0.2, 0) is 0 Å². The molecule has 1 atom stereocenters. The molecule has 0 spiro atoms. The molecule has 7 heteroatoms. The number of halogens is 1. The lowest BCUT2D eigenvalue weighted by molar-refractivity contribution is -0.386. The van der Waals surface area contributed by atoms with Crippen LogP contribution < -0.4 is 5.73 Å². The van der Waals surface area contributed by atoms with Gasteiger partial charge in [-0.25, -0.2) is 0 Å². The van der Waals surface area contributed by atoms with Crippen molar-refractivity contribution >= 4 is 18.1 Å². The van der Waals surface area contributed by atoms with Gasteiger partial charge >= 0.3 is 5.69 Å². The summed E-state index contributed by atoms with van der Waals surface area (Å²) in [5.74, 6) is -0.422. The third-order valence-corrected chi connectivity index (χ3v) is 3.15. The minimum absolute atomic E-state index is 0. The van der Waals surface area contributed by atoms with Gasteiger partial charge in [0, 0.05) is 29.2 Å². The van der Waals surface area contributed by atoms with Gasteiger partial charge in [-0.2, -0.15) is 0 Å². The zero-order valence-corrected chi connectivity index (χ0v) is 11.9. The van der Waals surface area contributed by atoms with Crippen molar-refractivity contribution in [3.05, 3.63) is 33.4 Å². The number of phenols is 1. The lowest BCUT2D eigenvalue weighted by atomic mass is 9.81. The van der Waals surface area contributed by atoms with E-state index in [0.29, 0.717) is 5.56 Å². The summed E-state index contributed by atoms with van der Waals surface area (Å²) in [6.07, 6.45) is 0. The first-order valence-electron chi connectivity index (χ1n) is 5.55. The maximum Gasteiger partial charge on any atom is 0.313 e. The first-order valence-corrected chi connectivity index (χ1v) is 5.55. The smallest absolute Gasteiger partial charge is 0.313 e. The Hall–Kier alpha value is -1.37. The normalized spacial score (nSPS) is 12.7. The third kappa shape index (κ3) is 3.34. The Labute approximate surface area is 117 Å². The molecular formula is C12H19ClN2O4. The molecule has 0 aliphatic heterocycles. The number of aryl methyl sites for hydroxylation is 1. The van der Waals surface area contributed by atoms with Crippen molar-refractivity contribution in [3.8, 4) is 5.75 Å². The van der Waals surface area contributed by atoms with Crippen molar-refractivity contribution < 1.29 is 15.1 Å². The maximum atomic E-state index is 10.9.